The fourth-order valence-electron chi connectivity index (χ4n) is 2.55. The molecule has 1 fully saturated rings. The number of rotatable bonds is 5. The molecular formula is C13H17Br2NO2S. The van der Waals surface area contributed by atoms with Gasteiger partial charge in [0.25, 0.3) is 0 Å². The minimum absolute atomic E-state index is 0.300. The Labute approximate surface area is 134 Å². The van der Waals surface area contributed by atoms with Gasteiger partial charge in [-0.2, -0.15) is 0 Å². The highest BCUT2D eigenvalue weighted by molar-refractivity contribution is 9.13. The van der Waals surface area contributed by atoms with Gasteiger partial charge in [0, 0.05) is 28.9 Å². The molecule has 0 aromatic carbocycles. The van der Waals surface area contributed by atoms with Crippen molar-refractivity contribution in [1.29, 1.82) is 0 Å². The number of nitrogens with zero attached hydrogens (tertiary/aromatic N) is 1. The van der Waals surface area contributed by atoms with E-state index in [4.69, 9.17) is 5.11 Å². The molecule has 3 nitrogen and oxygen atoms in total. The van der Waals surface area contributed by atoms with Crippen LogP contribution in [0.2, 0.25) is 0 Å². The van der Waals surface area contributed by atoms with Crippen LogP contribution >= 0.6 is 43.2 Å². The molecule has 1 unspecified atom stereocenters. The average molecular weight is 411 g/mol. The Kier molecular flexibility index (Phi) is 5.87. The highest BCUT2D eigenvalue weighted by atomic mass is 79.9. The third-order valence-corrected chi connectivity index (χ3v) is 6.69. The molecule has 1 aromatic heterocycles. The summed E-state index contributed by atoms with van der Waals surface area (Å²) in [5.74, 6) is -0.139. The molecule has 2 heterocycles. The molecule has 6 heteroatoms. The zero-order chi connectivity index (χ0) is 13.8. The number of likely N-dealkylation sites (tertiary alicyclic amines) is 1. The monoisotopic (exact) mass is 409 g/mol. The summed E-state index contributed by atoms with van der Waals surface area (Å²) in [5, 5.41) is 8.76. The van der Waals surface area contributed by atoms with Crippen LogP contribution in [0.15, 0.2) is 14.3 Å². The molecule has 0 amide bonds. The number of piperidine rings is 1. The molecule has 1 aliphatic heterocycles. The smallest absolute Gasteiger partial charge is 0.303 e. The third kappa shape index (κ3) is 4.85. The van der Waals surface area contributed by atoms with Crippen LogP contribution in [0.5, 0.6) is 0 Å². The maximum absolute atomic E-state index is 10.6. The van der Waals surface area contributed by atoms with Gasteiger partial charge in [-0.15, -0.1) is 11.3 Å². The number of hydrogen-bond acceptors (Lipinski definition) is 3. The van der Waals surface area contributed by atoms with E-state index in [1.54, 1.807) is 11.3 Å². The first-order valence-electron chi connectivity index (χ1n) is 6.42. The van der Waals surface area contributed by atoms with Gasteiger partial charge >= 0.3 is 5.97 Å². The number of carboxylic acid groups (broad SMARTS) is 1. The van der Waals surface area contributed by atoms with Crippen LogP contribution in [-0.2, 0) is 11.3 Å². The molecule has 0 radical (unpaired) electrons. The van der Waals surface area contributed by atoms with Crippen LogP contribution in [0.1, 0.15) is 30.6 Å². The van der Waals surface area contributed by atoms with Gasteiger partial charge in [-0.05, 0) is 69.7 Å². The van der Waals surface area contributed by atoms with Crippen molar-refractivity contribution in [2.45, 2.75) is 32.2 Å². The molecule has 1 aromatic rings. The van der Waals surface area contributed by atoms with Crippen molar-refractivity contribution in [3.8, 4) is 0 Å². The Hall–Kier alpha value is 0.0900. The second-order valence-corrected chi connectivity index (χ2v) is 8.32. The average Bonchev–Trinajstić information content (AvgIpc) is 2.66. The summed E-state index contributed by atoms with van der Waals surface area (Å²) >= 11 is 8.80. The van der Waals surface area contributed by atoms with Crippen LogP contribution < -0.4 is 0 Å². The van der Waals surface area contributed by atoms with Crippen LogP contribution in [0.4, 0.5) is 0 Å². The van der Waals surface area contributed by atoms with E-state index in [1.165, 1.54) is 17.7 Å². The predicted octanol–water partition coefficient (Wildman–Crippen LogP) is 4.35. The molecular weight excluding hydrogens is 394 g/mol. The standard InChI is InChI=1S/C13H17Br2NO2S/c14-11-6-10(19-13(11)15)8-16-5-1-2-9(7-16)3-4-12(17)18/h6,9H,1-5,7-8H2,(H,17,18). The van der Waals surface area contributed by atoms with E-state index in [2.05, 4.69) is 42.8 Å². The molecule has 19 heavy (non-hydrogen) atoms. The Morgan fingerprint density at radius 1 is 1.53 bits per heavy atom. The minimum atomic E-state index is -0.678. The van der Waals surface area contributed by atoms with Crippen LogP contribution in [-0.4, -0.2) is 29.1 Å². The van der Waals surface area contributed by atoms with E-state index in [0.29, 0.717) is 12.3 Å². The van der Waals surface area contributed by atoms with Gasteiger partial charge in [0.15, 0.2) is 0 Å². The largest absolute Gasteiger partial charge is 0.481 e. The second-order valence-electron chi connectivity index (χ2n) is 5.01. The van der Waals surface area contributed by atoms with Gasteiger partial charge in [-0.1, -0.05) is 0 Å². The maximum Gasteiger partial charge on any atom is 0.303 e. The fourth-order valence-corrected chi connectivity index (χ4v) is 4.77. The number of hydrogen-bond donors (Lipinski definition) is 1. The maximum atomic E-state index is 10.6. The highest BCUT2D eigenvalue weighted by Crippen LogP contribution is 2.33. The highest BCUT2D eigenvalue weighted by Gasteiger charge is 2.21. The first-order valence-corrected chi connectivity index (χ1v) is 8.82. The SMILES string of the molecule is O=C(O)CCC1CCCN(Cc2cc(Br)c(Br)s2)C1. The first-order chi connectivity index (χ1) is 9.04. The van der Waals surface area contributed by atoms with E-state index in [0.717, 1.165) is 34.3 Å². The number of halogens is 2. The summed E-state index contributed by atoms with van der Waals surface area (Å²) in [7, 11) is 0. The Balaban J connectivity index is 1.85. The molecule has 1 N–H and O–H groups in total. The van der Waals surface area contributed by atoms with E-state index in [-0.39, 0.29) is 0 Å². The molecule has 1 atom stereocenters. The van der Waals surface area contributed by atoms with Crippen molar-refractivity contribution >= 4 is 49.2 Å². The molecule has 0 saturated carbocycles. The van der Waals surface area contributed by atoms with Crippen LogP contribution in [0.25, 0.3) is 0 Å². The van der Waals surface area contributed by atoms with Crippen molar-refractivity contribution in [3.63, 3.8) is 0 Å². The lowest BCUT2D eigenvalue weighted by Gasteiger charge is -2.32. The molecule has 0 spiro atoms. The zero-order valence-electron chi connectivity index (χ0n) is 10.6. The molecule has 2 rings (SSSR count). The lowest BCUT2D eigenvalue weighted by Crippen LogP contribution is -2.34. The van der Waals surface area contributed by atoms with Crippen molar-refractivity contribution < 1.29 is 9.90 Å². The second kappa shape index (κ2) is 7.20. The van der Waals surface area contributed by atoms with Crippen LogP contribution in [0, 0.1) is 5.92 Å². The molecule has 106 valence electrons. The molecule has 1 aliphatic rings. The van der Waals surface area contributed by atoms with Gasteiger partial charge in [0.2, 0.25) is 0 Å². The number of thiophene rings is 1. The lowest BCUT2D eigenvalue weighted by molar-refractivity contribution is -0.137. The third-order valence-electron chi connectivity index (χ3n) is 3.45. The molecule has 0 aliphatic carbocycles. The first kappa shape index (κ1) is 15.5. The summed E-state index contributed by atoms with van der Waals surface area (Å²) in [6.45, 7) is 3.12. The zero-order valence-corrected chi connectivity index (χ0v) is 14.6. The van der Waals surface area contributed by atoms with Crippen molar-refractivity contribution in [1.82, 2.24) is 4.90 Å². The van der Waals surface area contributed by atoms with Crippen molar-refractivity contribution in [3.05, 3.63) is 19.2 Å². The number of carboxylic acids is 1. The van der Waals surface area contributed by atoms with Gasteiger partial charge in [-0.25, -0.2) is 0 Å². The Morgan fingerprint density at radius 2 is 2.32 bits per heavy atom. The minimum Gasteiger partial charge on any atom is -0.481 e. The van der Waals surface area contributed by atoms with E-state index < -0.39 is 5.97 Å². The Bertz CT molecular complexity index is 430. The summed E-state index contributed by atoms with van der Waals surface area (Å²) < 4.78 is 2.26. The van der Waals surface area contributed by atoms with Gasteiger partial charge < -0.3 is 5.11 Å². The predicted molar refractivity (Wildman–Crippen MR) is 84.6 cm³/mol. The fraction of sp³-hybridized carbons (Fsp3) is 0.615. The molecule has 1 saturated heterocycles. The summed E-state index contributed by atoms with van der Waals surface area (Å²) in [6.07, 6.45) is 3.46. The molecule has 0 bridgehead atoms. The lowest BCUT2D eigenvalue weighted by atomic mass is 9.93. The van der Waals surface area contributed by atoms with E-state index >= 15 is 0 Å². The van der Waals surface area contributed by atoms with Crippen molar-refractivity contribution in [2.24, 2.45) is 5.92 Å². The van der Waals surface area contributed by atoms with E-state index in [9.17, 15) is 4.79 Å². The summed E-state index contributed by atoms with van der Waals surface area (Å²) in [5.41, 5.74) is 0. The normalized spacial score (nSPS) is 20.6. The number of aliphatic carboxylic acids is 1. The topological polar surface area (TPSA) is 40.5 Å². The number of carbonyl (C=O) groups is 1. The summed E-state index contributed by atoms with van der Waals surface area (Å²) in [6, 6.07) is 2.16. The van der Waals surface area contributed by atoms with E-state index in [1.807, 2.05) is 0 Å². The van der Waals surface area contributed by atoms with Crippen LogP contribution in [0.3, 0.4) is 0 Å². The quantitative estimate of drug-likeness (QED) is 0.784. The van der Waals surface area contributed by atoms with Crippen molar-refractivity contribution in [2.75, 3.05) is 13.1 Å². The summed E-state index contributed by atoms with van der Waals surface area (Å²) in [4.78, 5) is 14.4. The van der Waals surface area contributed by atoms with Gasteiger partial charge in [0.1, 0.15) is 0 Å². The Morgan fingerprint density at radius 3 is 2.95 bits per heavy atom. The van der Waals surface area contributed by atoms with Gasteiger partial charge in [-0.3, -0.25) is 9.69 Å². The van der Waals surface area contributed by atoms with Gasteiger partial charge in [0.05, 0.1) is 3.79 Å².